The van der Waals surface area contributed by atoms with Crippen LogP contribution in [-0.2, 0) is 6.18 Å². The molecule has 0 radical (unpaired) electrons. The number of benzene rings is 2. The zero-order valence-corrected chi connectivity index (χ0v) is 14.3. The van der Waals surface area contributed by atoms with Gasteiger partial charge in [0.25, 0.3) is 0 Å². The molecule has 8 heteroatoms. The van der Waals surface area contributed by atoms with Gasteiger partial charge in [0.15, 0.2) is 0 Å². The van der Waals surface area contributed by atoms with Crippen LogP contribution in [0.3, 0.4) is 0 Å². The molecule has 0 amide bonds. The quantitative estimate of drug-likeness (QED) is 0.691. The molecule has 0 saturated carbocycles. The van der Waals surface area contributed by atoms with Gasteiger partial charge in [-0.1, -0.05) is 42.5 Å². The number of rotatable bonds is 2. The second kappa shape index (κ2) is 6.46. The highest BCUT2D eigenvalue weighted by Gasteiger charge is 2.36. The van der Waals surface area contributed by atoms with Gasteiger partial charge in [-0.15, -0.1) is 5.10 Å². The SMILES string of the molecule is N#CC1=C(N)Oc2n[nH]c(-c3ccccc3)c2C1c1ccc(C(F)(F)F)cc1. The van der Waals surface area contributed by atoms with Gasteiger partial charge in [-0.25, -0.2) is 0 Å². The maximum absolute atomic E-state index is 12.9. The van der Waals surface area contributed by atoms with Gasteiger partial charge in [0.1, 0.15) is 11.6 Å². The van der Waals surface area contributed by atoms with E-state index in [9.17, 15) is 18.4 Å². The van der Waals surface area contributed by atoms with Gasteiger partial charge in [-0.2, -0.15) is 18.4 Å². The Morgan fingerprint density at radius 1 is 1.07 bits per heavy atom. The monoisotopic (exact) mass is 382 g/mol. The third-order valence-corrected chi connectivity index (χ3v) is 4.57. The van der Waals surface area contributed by atoms with E-state index < -0.39 is 17.7 Å². The lowest BCUT2D eigenvalue weighted by atomic mass is 9.83. The maximum atomic E-state index is 12.9. The van der Waals surface area contributed by atoms with E-state index in [1.807, 2.05) is 36.4 Å². The van der Waals surface area contributed by atoms with Crippen molar-refractivity contribution in [2.45, 2.75) is 12.1 Å². The van der Waals surface area contributed by atoms with Gasteiger partial charge < -0.3 is 10.5 Å². The summed E-state index contributed by atoms with van der Waals surface area (Å²) >= 11 is 0. The summed E-state index contributed by atoms with van der Waals surface area (Å²) in [6, 6.07) is 15.9. The molecule has 28 heavy (non-hydrogen) atoms. The number of nitrogens with zero attached hydrogens (tertiary/aromatic N) is 2. The van der Waals surface area contributed by atoms with Crippen molar-refractivity contribution in [3.63, 3.8) is 0 Å². The molecule has 0 fully saturated rings. The summed E-state index contributed by atoms with van der Waals surface area (Å²) in [5.41, 5.74) is 7.67. The summed E-state index contributed by atoms with van der Waals surface area (Å²) in [4.78, 5) is 0. The van der Waals surface area contributed by atoms with Gasteiger partial charge in [0, 0.05) is 0 Å². The Labute approximate surface area is 157 Å². The molecule has 2 heterocycles. The van der Waals surface area contributed by atoms with Crippen LogP contribution in [0.1, 0.15) is 22.6 Å². The Morgan fingerprint density at radius 3 is 2.36 bits per heavy atom. The average molecular weight is 382 g/mol. The lowest BCUT2D eigenvalue weighted by Gasteiger charge is -2.24. The van der Waals surface area contributed by atoms with Gasteiger partial charge >= 0.3 is 6.18 Å². The summed E-state index contributed by atoms with van der Waals surface area (Å²) < 4.78 is 44.3. The van der Waals surface area contributed by atoms with E-state index in [-0.39, 0.29) is 17.3 Å². The topological polar surface area (TPSA) is 87.7 Å². The van der Waals surface area contributed by atoms with E-state index in [0.29, 0.717) is 16.8 Å². The molecule has 0 saturated heterocycles. The van der Waals surface area contributed by atoms with Crippen molar-refractivity contribution in [2.75, 3.05) is 0 Å². The highest BCUT2D eigenvalue weighted by molar-refractivity contribution is 5.70. The Morgan fingerprint density at radius 2 is 1.75 bits per heavy atom. The number of fused-ring (bicyclic) bond motifs is 1. The molecule has 4 rings (SSSR count). The Hall–Kier alpha value is -3.73. The standard InChI is InChI=1S/C20H13F3N4O/c21-20(22,23)13-8-6-11(7-9-13)15-14(10-24)18(25)28-19-16(15)17(26-27-19)12-4-2-1-3-5-12/h1-9,15H,25H2,(H,26,27). The predicted octanol–water partition coefficient (Wildman–Crippen LogP) is 4.31. The molecule has 3 N–H and O–H groups in total. The fourth-order valence-corrected chi connectivity index (χ4v) is 3.27. The lowest BCUT2D eigenvalue weighted by Crippen LogP contribution is -2.21. The number of aromatic nitrogens is 2. The van der Waals surface area contributed by atoms with E-state index in [4.69, 9.17) is 10.5 Å². The number of allylic oxidation sites excluding steroid dienone is 1. The minimum absolute atomic E-state index is 0.117. The number of nitrogens with one attached hydrogen (secondary N) is 1. The van der Waals surface area contributed by atoms with Crippen molar-refractivity contribution < 1.29 is 17.9 Å². The van der Waals surface area contributed by atoms with Crippen LogP contribution in [-0.4, -0.2) is 10.2 Å². The zero-order valence-electron chi connectivity index (χ0n) is 14.3. The van der Waals surface area contributed by atoms with Crippen LogP contribution in [0, 0.1) is 11.3 Å². The largest absolute Gasteiger partial charge is 0.420 e. The van der Waals surface area contributed by atoms with Gasteiger partial charge in [0.05, 0.1) is 22.7 Å². The number of hydrogen-bond donors (Lipinski definition) is 2. The summed E-state index contributed by atoms with van der Waals surface area (Å²) in [5, 5.41) is 16.6. The molecule has 5 nitrogen and oxygen atoms in total. The van der Waals surface area contributed by atoms with Crippen LogP contribution >= 0.6 is 0 Å². The number of ether oxygens (including phenoxy) is 1. The van der Waals surface area contributed by atoms with Crippen LogP contribution in [0.4, 0.5) is 13.2 Å². The van der Waals surface area contributed by atoms with Crippen LogP contribution in [0.25, 0.3) is 11.3 Å². The molecular formula is C20H13F3N4O. The first kappa shape index (κ1) is 17.7. The second-order valence-corrected chi connectivity index (χ2v) is 6.23. The molecule has 1 aliphatic rings. The molecule has 1 atom stereocenters. The van der Waals surface area contributed by atoms with Gasteiger partial charge in [0.2, 0.25) is 11.8 Å². The van der Waals surface area contributed by atoms with Crippen molar-refractivity contribution in [2.24, 2.45) is 5.73 Å². The highest BCUT2D eigenvalue weighted by Crippen LogP contribution is 2.45. The number of alkyl halides is 3. The number of nitrogens with two attached hydrogens (primary N) is 1. The minimum atomic E-state index is -4.45. The van der Waals surface area contributed by atoms with Crippen molar-refractivity contribution in [1.82, 2.24) is 10.2 Å². The van der Waals surface area contributed by atoms with E-state index in [1.165, 1.54) is 12.1 Å². The maximum Gasteiger partial charge on any atom is 0.416 e. The number of nitriles is 1. The first-order chi connectivity index (χ1) is 13.4. The lowest BCUT2D eigenvalue weighted by molar-refractivity contribution is -0.137. The summed E-state index contributed by atoms with van der Waals surface area (Å²) in [5.74, 6) is -0.628. The van der Waals surface area contributed by atoms with Crippen molar-refractivity contribution >= 4 is 0 Å². The number of halogens is 3. The fourth-order valence-electron chi connectivity index (χ4n) is 3.27. The normalized spacial score (nSPS) is 16.3. The van der Waals surface area contributed by atoms with E-state index in [2.05, 4.69) is 10.2 Å². The van der Waals surface area contributed by atoms with Gasteiger partial charge in [-0.3, -0.25) is 5.10 Å². The Kier molecular flexibility index (Phi) is 4.08. The Balaban J connectivity index is 1.89. The fraction of sp³-hybridized carbons (Fsp3) is 0.100. The van der Waals surface area contributed by atoms with Crippen molar-refractivity contribution in [3.05, 3.63) is 82.7 Å². The van der Waals surface area contributed by atoms with Crippen molar-refractivity contribution in [1.29, 1.82) is 5.26 Å². The molecule has 0 spiro atoms. The van der Waals surface area contributed by atoms with Crippen LogP contribution in [0.5, 0.6) is 5.88 Å². The molecule has 2 aromatic carbocycles. The smallest absolute Gasteiger partial charge is 0.416 e. The summed E-state index contributed by atoms with van der Waals surface area (Å²) in [6.07, 6.45) is -4.45. The van der Waals surface area contributed by atoms with Crippen molar-refractivity contribution in [3.8, 4) is 23.2 Å². The van der Waals surface area contributed by atoms with Crippen LogP contribution < -0.4 is 10.5 Å². The minimum Gasteiger partial charge on any atom is -0.420 e. The molecule has 140 valence electrons. The average Bonchev–Trinajstić information content (AvgIpc) is 3.10. The number of hydrogen-bond acceptors (Lipinski definition) is 4. The first-order valence-electron chi connectivity index (χ1n) is 8.28. The predicted molar refractivity (Wildman–Crippen MR) is 94.8 cm³/mol. The molecular weight excluding hydrogens is 369 g/mol. The third kappa shape index (κ3) is 2.87. The summed E-state index contributed by atoms with van der Waals surface area (Å²) in [6.45, 7) is 0. The van der Waals surface area contributed by atoms with E-state index in [1.54, 1.807) is 0 Å². The van der Waals surface area contributed by atoms with Gasteiger partial charge in [-0.05, 0) is 23.3 Å². The van der Waals surface area contributed by atoms with Crippen LogP contribution in [0.2, 0.25) is 0 Å². The molecule has 0 bridgehead atoms. The summed E-state index contributed by atoms with van der Waals surface area (Å²) in [7, 11) is 0. The van der Waals surface area contributed by atoms with E-state index in [0.717, 1.165) is 17.7 Å². The molecule has 1 unspecified atom stereocenters. The highest BCUT2D eigenvalue weighted by atomic mass is 19.4. The zero-order chi connectivity index (χ0) is 19.9. The molecule has 0 aliphatic carbocycles. The number of aromatic amines is 1. The van der Waals surface area contributed by atoms with Crippen LogP contribution in [0.15, 0.2) is 66.1 Å². The second-order valence-electron chi connectivity index (χ2n) is 6.23. The molecule has 1 aromatic heterocycles. The third-order valence-electron chi connectivity index (χ3n) is 4.57. The Bertz CT molecular complexity index is 1090. The number of H-pyrrole nitrogens is 1. The molecule has 1 aliphatic heterocycles. The van der Waals surface area contributed by atoms with E-state index >= 15 is 0 Å². The molecule has 3 aromatic rings. The first-order valence-corrected chi connectivity index (χ1v) is 8.28.